The van der Waals surface area contributed by atoms with Gasteiger partial charge in [-0.25, -0.2) is 13.4 Å². The van der Waals surface area contributed by atoms with Crippen molar-refractivity contribution in [3.63, 3.8) is 0 Å². The number of hydrogen-bond donors (Lipinski definition) is 1. The van der Waals surface area contributed by atoms with E-state index in [-0.39, 0.29) is 22.2 Å². The fourth-order valence-corrected chi connectivity index (χ4v) is 6.04. The number of fused-ring (bicyclic) bond motifs is 2. The maximum Gasteiger partial charge on any atom is 0.263 e. The van der Waals surface area contributed by atoms with Gasteiger partial charge in [-0.2, -0.15) is 0 Å². The second-order valence-corrected chi connectivity index (χ2v) is 10.5. The number of nitrogens with one attached hydrogen (secondary N) is 1. The van der Waals surface area contributed by atoms with Gasteiger partial charge in [-0.1, -0.05) is 12.1 Å². The van der Waals surface area contributed by atoms with Crippen LogP contribution in [-0.4, -0.2) is 71.6 Å². The predicted molar refractivity (Wildman–Crippen MR) is 124 cm³/mol. The lowest BCUT2D eigenvalue weighted by atomic mass is 10.2. The molecule has 1 N–H and O–H groups in total. The van der Waals surface area contributed by atoms with E-state index in [0.717, 1.165) is 0 Å². The highest BCUT2D eigenvalue weighted by atomic mass is 32.2. The fraction of sp³-hybridized carbons (Fsp3) is 0.333. The van der Waals surface area contributed by atoms with Gasteiger partial charge < -0.3 is 4.90 Å². The molecule has 33 heavy (non-hydrogen) atoms. The number of carbonyl (C=O) groups is 1. The minimum Gasteiger partial charge on any atom is -0.338 e. The molecule has 1 saturated heterocycles. The van der Waals surface area contributed by atoms with Crippen molar-refractivity contribution in [1.82, 2.24) is 23.9 Å². The van der Waals surface area contributed by atoms with E-state index >= 15 is 0 Å². The summed E-state index contributed by atoms with van der Waals surface area (Å²) < 4.78 is 28.5. The van der Waals surface area contributed by atoms with E-state index in [1.807, 2.05) is 5.38 Å². The van der Waals surface area contributed by atoms with Crippen LogP contribution in [0.4, 0.5) is 0 Å². The van der Waals surface area contributed by atoms with E-state index in [4.69, 9.17) is 0 Å². The highest BCUT2D eigenvalue weighted by molar-refractivity contribution is 7.90. The first-order chi connectivity index (χ1) is 15.8. The van der Waals surface area contributed by atoms with E-state index in [0.29, 0.717) is 48.9 Å². The Balaban J connectivity index is 1.22. The molecule has 0 unspecified atom stereocenters. The molecule has 1 amide bonds. The van der Waals surface area contributed by atoms with Crippen molar-refractivity contribution in [2.75, 3.05) is 26.2 Å². The third-order valence-electron chi connectivity index (χ3n) is 5.77. The Bertz CT molecular complexity index is 1420. The van der Waals surface area contributed by atoms with Gasteiger partial charge in [0.1, 0.15) is 11.9 Å². The second-order valence-electron chi connectivity index (χ2n) is 8.00. The van der Waals surface area contributed by atoms with Gasteiger partial charge in [0.15, 0.2) is 4.96 Å². The Hall–Kier alpha value is -3.09. The molecule has 10 nitrogen and oxygen atoms in total. The number of sulfonamides is 1. The number of benzene rings is 1. The van der Waals surface area contributed by atoms with Crippen molar-refractivity contribution in [2.24, 2.45) is 4.99 Å². The summed E-state index contributed by atoms with van der Waals surface area (Å²) in [6.07, 6.45) is 1.71. The van der Waals surface area contributed by atoms with E-state index in [1.54, 1.807) is 42.3 Å². The topological polar surface area (TPSA) is 116 Å². The smallest absolute Gasteiger partial charge is 0.263 e. The first-order valence-electron chi connectivity index (χ1n) is 10.5. The molecule has 0 spiro atoms. The molecular weight excluding hydrogens is 464 g/mol. The summed E-state index contributed by atoms with van der Waals surface area (Å²) in [5.41, 5.74) is 1.10. The fourth-order valence-electron chi connectivity index (χ4n) is 4.07. The number of aliphatic imine (C=N–C) groups is 1. The lowest BCUT2D eigenvalue weighted by Crippen LogP contribution is -2.50. The summed E-state index contributed by atoms with van der Waals surface area (Å²) in [7, 11) is -3.64. The maximum absolute atomic E-state index is 13.0. The Morgan fingerprint density at radius 3 is 2.79 bits per heavy atom. The van der Waals surface area contributed by atoms with Gasteiger partial charge in [-0.05, 0) is 19.1 Å². The molecule has 2 aromatic heterocycles. The normalized spacial score (nSPS) is 20.0. The highest BCUT2D eigenvalue weighted by Gasteiger charge is 2.32. The van der Waals surface area contributed by atoms with Crippen LogP contribution in [0.5, 0.6) is 0 Å². The standard InChI is InChI=1S/C21H22N6O4S2/c1-14(22-19-16-4-2-3-5-17(16)33(30,31)24-19)20(29)26-8-6-25(7-9-26)13-15-12-18(28)27-10-11-32-21(27)23-15/h2-5,10-12,14H,6-9,13H2,1H3,(H,22,24)/t14-/m0/s1. The summed E-state index contributed by atoms with van der Waals surface area (Å²) in [5, 5.41) is 1.83. The third kappa shape index (κ3) is 4.16. The Morgan fingerprint density at radius 2 is 2.00 bits per heavy atom. The van der Waals surface area contributed by atoms with E-state index < -0.39 is 16.1 Å². The molecule has 0 aliphatic carbocycles. The summed E-state index contributed by atoms with van der Waals surface area (Å²) in [5.74, 6) is 0.0496. The average Bonchev–Trinajstić information content (AvgIpc) is 3.37. The number of thiazole rings is 1. The van der Waals surface area contributed by atoms with Gasteiger partial charge in [-0.3, -0.25) is 28.6 Å². The number of carbonyl (C=O) groups excluding carboxylic acids is 1. The minimum atomic E-state index is -3.64. The van der Waals surface area contributed by atoms with Crippen molar-refractivity contribution in [2.45, 2.75) is 24.4 Å². The van der Waals surface area contributed by atoms with Crippen molar-refractivity contribution in [3.05, 3.63) is 63.5 Å². The van der Waals surface area contributed by atoms with Gasteiger partial charge >= 0.3 is 0 Å². The Kier molecular flexibility index (Phi) is 5.51. The number of rotatable bonds is 4. The van der Waals surface area contributed by atoms with Crippen LogP contribution in [0.25, 0.3) is 4.96 Å². The Morgan fingerprint density at radius 1 is 1.24 bits per heavy atom. The van der Waals surface area contributed by atoms with Crippen LogP contribution in [0, 0.1) is 0 Å². The number of amidine groups is 1. The molecule has 0 saturated carbocycles. The van der Waals surface area contributed by atoms with Crippen LogP contribution in [0.3, 0.4) is 0 Å². The molecule has 4 heterocycles. The van der Waals surface area contributed by atoms with Crippen molar-refractivity contribution in [3.8, 4) is 0 Å². The number of aromatic nitrogens is 2. The van der Waals surface area contributed by atoms with E-state index in [2.05, 4.69) is 19.6 Å². The zero-order valence-corrected chi connectivity index (χ0v) is 19.5. The van der Waals surface area contributed by atoms with Crippen LogP contribution in [-0.2, 0) is 21.4 Å². The number of nitrogens with zero attached hydrogens (tertiary/aromatic N) is 5. The molecule has 1 aromatic carbocycles. The molecule has 12 heteroatoms. The lowest BCUT2D eigenvalue weighted by Gasteiger charge is -2.35. The minimum absolute atomic E-state index is 0.0953. The van der Waals surface area contributed by atoms with E-state index in [9.17, 15) is 18.0 Å². The lowest BCUT2D eigenvalue weighted by molar-refractivity contribution is -0.133. The molecule has 1 atom stereocenters. The van der Waals surface area contributed by atoms with Crippen LogP contribution in [0.15, 0.2) is 56.6 Å². The number of amides is 1. The summed E-state index contributed by atoms with van der Waals surface area (Å²) in [6, 6.07) is 7.42. The third-order valence-corrected chi connectivity index (χ3v) is 7.92. The highest BCUT2D eigenvalue weighted by Crippen LogP contribution is 2.23. The zero-order chi connectivity index (χ0) is 23.2. The molecular formula is C21H22N6O4S2. The van der Waals surface area contributed by atoms with Gasteiger partial charge in [0.2, 0.25) is 5.91 Å². The first-order valence-corrected chi connectivity index (χ1v) is 12.8. The summed E-state index contributed by atoms with van der Waals surface area (Å²) in [4.78, 5) is 38.8. The molecule has 1 fully saturated rings. The largest absolute Gasteiger partial charge is 0.338 e. The van der Waals surface area contributed by atoms with Gasteiger partial charge in [-0.15, -0.1) is 11.3 Å². The number of hydrogen-bond acceptors (Lipinski definition) is 8. The van der Waals surface area contributed by atoms with Crippen LogP contribution < -0.4 is 10.3 Å². The molecule has 172 valence electrons. The van der Waals surface area contributed by atoms with Gasteiger partial charge in [0, 0.05) is 55.9 Å². The average molecular weight is 487 g/mol. The van der Waals surface area contributed by atoms with Crippen LogP contribution in [0.1, 0.15) is 18.2 Å². The monoisotopic (exact) mass is 486 g/mol. The second kappa shape index (κ2) is 8.36. The molecule has 0 bridgehead atoms. The summed E-state index contributed by atoms with van der Waals surface area (Å²) >= 11 is 1.42. The molecule has 2 aliphatic rings. The van der Waals surface area contributed by atoms with Crippen molar-refractivity contribution >= 4 is 38.1 Å². The molecule has 3 aromatic rings. The molecule has 2 aliphatic heterocycles. The predicted octanol–water partition coefficient (Wildman–Crippen LogP) is 0.527. The molecule has 5 rings (SSSR count). The number of piperazine rings is 1. The van der Waals surface area contributed by atoms with Crippen molar-refractivity contribution in [1.29, 1.82) is 0 Å². The van der Waals surface area contributed by atoms with Crippen LogP contribution >= 0.6 is 11.3 Å². The van der Waals surface area contributed by atoms with Gasteiger partial charge in [0.05, 0.1) is 10.6 Å². The maximum atomic E-state index is 13.0. The SMILES string of the molecule is C[C@H](N=C1NS(=O)(=O)c2ccccc21)C(=O)N1CCN(Cc2cc(=O)n3ccsc3n2)CC1. The van der Waals surface area contributed by atoms with Crippen molar-refractivity contribution < 1.29 is 13.2 Å². The van der Waals surface area contributed by atoms with Gasteiger partial charge in [0.25, 0.3) is 15.6 Å². The zero-order valence-electron chi connectivity index (χ0n) is 17.8. The Labute approximate surface area is 194 Å². The quantitative estimate of drug-likeness (QED) is 0.575. The van der Waals surface area contributed by atoms with E-state index in [1.165, 1.54) is 21.8 Å². The first kappa shape index (κ1) is 21.7. The molecule has 0 radical (unpaired) electrons. The summed E-state index contributed by atoms with van der Waals surface area (Å²) in [6.45, 7) is 4.56. The van der Waals surface area contributed by atoms with Crippen LogP contribution in [0.2, 0.25) is 0 Å².